The van der Waals surface area contributed by atoms with Gasteiger partial charge in [0.2, 0.25) is 0 Å². The van der Waals surface area contributed by atoms with Crippen molar-refractivity contribution in [1.29, 1.82) is 0 Å². The molecule has 5 heteroatoms. The minimum Gasteiger partial charge on any atom is -0.384 e. The van der Waals surface area contributed by atoms with E-state index in [-0.39, 0.29) is 5.91 Å². The van der Waals surface area contributed by atoms with Gasteiger partial charge >= 0.3 is 0 Å². The number of hydrogen-bond acceptors (Lipinski definition) is 3. The van der Waals surface area contributed by atoms with Crippen molar-refractivity contribution in [2.24, 2.45) is 0 Å². The van der Waals surface area contributed by atoms with Crippen LogP contribution in [0.1, 0.15) is 22.3 Å². The van der Waals surface area contributed by atoms with Crippen LogP contribution in [0.4, 0.5) is 11.5 Å². The minimum absolute atomic E-state index is 0.272. The van der Waals surface area contributed by atoms with Crippen LogP contribution >= 0.6 is 11.6 Å². The van der Waals surface area contributed by atoms with Crippen molar-refractivity contribution >= 4 is 29.0 Å². The van der Waals surface area contributed by atoms with E-state index in [1.165, 1.54) is 5.56 Å². The molecule has 0 bridgehead atoms. The van der Waals surface area contributed by atoms with Crippen molar-refractivity contribution in [2.45, 2.75) is 12.8 Å². The molecule has 0 atom stereocenters. The molecule has 0 aliphatic carbocycles. The normalized spacial score (nSPS) is 10.3. The van der Waals surface area contributed by atoms with Gasteiger partial charge in [-0.1, -0.05) is 54.1 Å². The number of carbonyl (C=O) groups excluding carboxylic acids is 1. The largest absolute Gasteiger partial charge is 0.384 e. The Morgan fingerprint density at radius 1 is 0.962 bits per heavy atom. The third-order valence-corrected chi connectivity index (χ3v) is 4.27. The van der Waals surface area contributed by atoms with Gasteiger partial charge in [0.1, 0.15) is 5.82 Å². The van der Waals surface area contributed by atoms with E-state index in [0.717, 1.165) is 25.1 Å². The fourth-order valence-electron chi connectivity index (χ4n) is 2.57. The molecule has 3 aromatic rings. The highest BCUT2D eigenvalue weighted by atomic mass is 35.5. The van der Waals surface area contributed by atoms with Crippen molar-refractivity contribution in [2.75, 3.05) is 17.2 Å². The molecule has 0 fully saturated rings. The first-order valence-electron chi connectivity index (χ1n) is 8.52. The summed E-state index contributed by atoms with van der Waals surface area (Å²) >= 11 is 6.03. The molecule has 2 N–H and O–H groups in total. The number of halogens is 1. The lowest BCUT2D eigenvalue weighted by Crippen LogP contribution is -2.13. The Hall–Kier alpha value is -2.85. The quantitative estimate of drug-likeness (QED) is 0.577. The summed E-state index contributed by atoms with van der Waals surface area (Å²) in [5.74, 6) is 0.219. The van der Waals surface area contributed by atoms with E-state index in [0.29, 0.717) is 16.4 Å². The van der Waals surface area contributed by atoms with Crippen LogP contribution in [0.5, 0.6) is 0 Å². The second-order valence-electron chi connectivity index (χ2n) is 5.88. The minimum atomic E-state index is -0.272. The smallest absolute Gasteiger partial charge is 0.258 e. The van der Waals surface area contributed by atoms with Crippen LogP contribution in [0.15, 0.2) is 72.9 Å². The fourth-order valence-corrected chi connectivity index (χ4v) is 2.79. The van der Waals surface area contributed by atoms with Crippen LogP contribution in [-0.2, 0) is 6.42 Å². The number of anilines is 2. The van der Waals surface area contributed by atoms with Gasteiger partial charge in [-0.2, -0.15) is 0 Å². The highest BCUT2D eigenvalue weighted by Crippen LogP contribution is 2.17. The summed E-state index contributed by atoms with van der Waals surface area (Å²) < 4.78 is 0. The average molecular weight is 366 g/mol. The van der Waals surface area contributed by atoms with E-state index in [1.807, 2.05) is 12.1 Å². The van der Waals surface area contributed by atoms with Crippen molar-refractivity contribution in [1.82, 2.24) is 4.98 Å². The maximum Gasteiger partial charge on any atom is 0.258 e. The van der Waals surface area contributed by atoms with E-state index in [4.69, 9.17) is 11.6 Å². The molecule has 1 heterocycles. The van der Waals surface area contributed by atoms with E-state index in [9.17, 15) is 4.79 Å². The Balaban J connectivity index is 1.47. The standard InChI is InChI=1S/C21H20ClN3O/c22-19-11-5-4-10-18(19)21(26)25-20-13-12-17(15-24-20)23-14-6-9-16-7-2-1-3-8-16/h1-5,7-8,10-13,15,23H,6,9,14H2,(H,24,25,26). The second kappa shape index (κ2) is 9.02. The predicted octanol–water partition coefficient (Wildman–Crippen LogP) is 5.03. The van der Waals surface area contributed by atoms with Gasteiger partial charge in [0.05, 0.1) is 22.5 Å². The molecule has 3 rings (SSSR count). The summed E-state index contributed by atoms with van der Waals surface area (Å²) in [4.78, 5) is 16.5. The summed E-state index contributed by atoms with van der Waals surface area (Å²) in [7, 11) is 0. The number of carbonyl (C=O) groups is 1. The zero-order valence-electron chi connectivity index (χ0n) is 14.3. The van der Waals surface area contributed by atoms with Gasteiger partial charge in [-0.25, -0.2) is 4.98 Å². The molecule has 4 nitrogen and oxygen atoms in total. The molecule has 0 aliphatic rings. The number of nitrogens with zero attached hydrogens (tertiary/aromatic N) is 1. The molecule has 0 radical (unpaired) electrons. The van der Waals surface area contributed by atoms with Gasteiger partial charge in [0, 0.05) is 6.54 Å². The Kier molecular flexibility index (Phi) is 6.23. The zero-order valence-corrected chi connectivity index (χ0v) is 15.0. The van der Waals surface area contributed by atoms with E-state index in [1.54, 1.807) is 36.5 Å². The molecular formula is C21H20ClN3O. The molecule has 2 aromatic carbocycles. The number of benzene rings is 2. The molecular weight excluding hydrogens is 346 g/mol. The van der Waals surface area contributed by atoms with E-state index in [2.05, 4.69) is 39.9 Å². The third-order valence-electron chi connectivity index (χ3n) is 3.94. The molecule has 0 unspecified atom stereocenters. The van der Waals surface area contributed by atoms with Gasteiger partial charge in [0.25, 0.3) is 5.91 Å². The number of aromatic nitrogens is 1. The van der Waals surface area contributed by atoms with E-state index < -0.39 is 0 Å². The molecule has 0 saturated heterocycles. The lowest BCUT2D eigenvalue weighted by molar-refractivity contribution is 0.102. The fraction of sp³-hybridized carbons (Fsp3) is 0.143. The Bertz CT molecular complexity index is 851. The molecule has 0 aliphatic heterocycles. The first-order chi connectivity index (χ1) is 12.7. The molecule has 26 heavy (non-hydrogen) atoms. The Labute approximate surface area is 158 Å². The molecule has 1 aromatic heterocycles. The SMILES string of the molecule is O=C(Nc1ccc(NCCCc2ccccc2)cn1)c1ccccc1Cl. The second-order valence-corrected chi connectivity index (χ2v) is 6.29. The van der Waals surface area contributed by atoms with Crippen molar-refractivity contribution < 1.29 is 4.79 Å². The lowest BCUT2D eigenvalue weighted by atomic mass is 10.1. The van der Waals surface area contributed by atoms with Crippen LogP contribution in [0.3, 0.4) is 0 Å². The molecule has 0 spiro atoms. The summed E-state index contributed by atoms with van der Waals surface area (Å²) in [6.07, 6.45) is 3.78. The van der Waals surface area contributed by atoms with Gasteiger partial charge < -0.3 is 10.6 Å². The number of pyridine rings is 1. The highest BCUT2D eigenvalue weighted by molar-refractivity contribution is 6.34. The Morgan fingerprint density at radius 2 is 1.73 bits per heavy atom. The van der Waals surface area contributed by atoms with Crippen LogP contribution in [0.25, 0.3) is 0 Å². The molecule has 132 valence electrons. The van der Waals surface area contributed by atoms with Crippen molar-refractivity contribution in [3.05, 3.63) is 89.1 Å². The number of hydrogen-bond donors (Lipinski definition) is 2. The van der Waals surface area contributed by atoms with Crippen LogP contribution in [-0.4, -0.2) is 17.4 Å². The number of amides is 1. The van der Waals surface area contributed by atoms with E-state index >= 15 is 0 Å². The van der Waals surface area contributed by atoms with Gasteiger partial charge in [-0.05, 0) is 42.7 Å². The summed E-state index contributed by atoms with van der Waals surface area (Å²) in [6.45, 7) is 0.863. The molecule has 1 amide bonds. The Morgan fingerprint density at radius 3 is 2.46 bits per heavy atom. The highest BCUT2D eigenvalue weighted by Gasteiger charge is 2.10. The van der Waals surface area contributed by atoms with Crippen molar-refractivity contribution in [3.8, 4) is 0 Å². The first kappa shape index (κ1) is 18.0. The topological polar surface area (TPSA) is 54.0 Å². The zero-order chi connectivity index (χ0) is 18.2. The first-order valence-corrected chi connectivity index (χ1v) is 8.90. The number of aryl methyl sites for hydroxylation is 1. The maximum atomic E-state index is 12.2. The van der Waals surface area contributed by atoms with Crippen LogP contribution in [0.2, 0.25) is 5.02 Å². The van der Waals surface area contributed by atoms with Gasteiger partial charge in [-0.15, -0.1) is 0 Å². The van der Waals surface area contributed by atoms with Crippen LogP contribution < -0.4 is 10.6 Å². The third kappa shape index (κ3) is 5.07. The van der Waals surface area contributed by atoms with Crippen LogP contribution in [0, 0.1) is 0 Å². The number of nitrogens with one attached hydrogen (secondary N) is 2. The summed E-state index contributed by atoms with van der Waals surface area (Å²) in [5, 5.41) is 6.51. The van der Waals surface area contributed by atoms with Crippen molar-refractivity contribution in [3.63, 3.8) is 0 Å². The summed E-state index contributed by atoms with van der Waals surface area (Å²) in [5.41, 5.74) is 2.69. The maximum absolute atomic E-state index is 12.2. The lowest BCUT2D eigenvalue weighted by Gasteiger charge is -2.08. The monoisotopic (exact) mass is 365 g/mol. The predicted molar refractivity (Wildman–Crippen MR) is 107 cm³/mol. The average Bonchev–Trinajstić information content (AvgIpc) is 2.67. The van der Waals surface area contributed by atoms with Gasteiger partial charge in [0.15, 0.2) is 0 Å². The van der Waals surface area contributed by atoms with Gasteiger partial charge in [-0.3, -0.25) is 4.79 Å². The number of rotatable bonds is 7. The molecule has 0 saturated carbocycles. The summed E-state index contributed by atoms with van der Waals surface area (Å²) in [6, 6.07) is 21.0.